The van der Waals surface area contributed by atoms with Crippen molar-refractivity contribution in [2.45, 2.75) is 75.1 Å². The zero-order valence-electron chi connectivity index (χ0n) is 14.9. The first-order valence-electron chi connectivity index (χ1n) is 9.34. The Morgan fingerprint density at radius 1 is 1.32 bits per heavy atom. The number of aromatic nitrogens is 2. The fourth-order valence-electron chi connectivity index (χ4n) is 3.95. The molecule has 0 spiro atoms. The van der Waals surface area contributed by atoms with Gasteiger partial charge in [0, 0.05) is 16.3 Å². The summed E-state index contributed by atoms with van der Waals surface area (Å²) in [6.45, 7) is 4.31. The fourth-order valence-corrected chi connectivity index (χ4v) is 6.32. The van der Waals surface area contributed by atoms with Crippen molar-refractivity contribution in [3.8, 4) is 0 Å². The molecule has 1 amide bonds. The van der Waals surface area contributed by atoms with E-state index in [1.165, 1.54) is 35.1 Å². The van der Waals surface area contributed by atoms with Gasteiger partial charge < -0.3 is 5.32 Å². The number of thiophene rings is 1. The lowest BCUT2D eigenvalue weighted by molar-refractivity contribution is -0.120. The second-order valence-corrected chi connectivity index (χ2v) is 9.87. The van der Waals surface area contributed by atoms with Crippen LogP contribution in [0.5, 0.6) is 0 Å². The van der Waals surface area contributed by atoms with Crippen molar-refractivity contribution in [1.82, 2.24) is 15.3 Å². The van der Waals surface area contributed by atoms with Gasteiger partial charge in [-0.3, -0.25) is 4.79 Å². The van der Waals surface area contributed by atoms with E-state index in [0.29, 0.717) is 6.04 Å². The van der Waals surface area contributed by atoms with E-state index in [0.717, 1.165) is 41.5 Å². The highest BCUT2D eigenvalue weighted by Crippen LogP contribution is 2.41. The minimum atomic E-state index is -0.128. The first-order chi connectivity index (χ1) is 12.1. The average molecular weight is 376 g/mol. The van der Waals surface area contributed by atoms with Gasteiger partial charge in [0.2, 0.25) is 5.91 Å². The van der Waals surface area contributed by atoms with E-state index in [9.17, 15) is 4.79 Å². The Morgan fingerprint density at radius 2 is 2.12 bits per heavy atom. The minimum absolute atomic E-state index is 0.128. The number of nitrogens with one attached hydrogen (secondary N) is 1. The van der Waals surface area contributed by atoms with Crippen LogP contribution in [0.15, 0.2) is 11.4 Å². The van der Waals surface area contributed by atoms with Crippen LogP contribution in [0.4, 0.5) is 0 Å². The zero-order valence-corrected chi connectivity index (χ0v) is 16.5. The smallest absolute Gasteiger partial charge is 0.233 e. The van der Waals surface area contributed by atoms with E-state index < -0.39 is 0 Å². The van der Waals surface area contributed by atoms with Gasteiger partial charge >= 0.3 is 0 Å². The molecule has 1 fully saturated rings. The first-order valence-corrected chi connectivity index (χ1v) is 11.0. The monoisotopic (exact) mass is 375 g/mol. The van der Waals surface area contributed by atoms with Gasteiger partial charge in [0.25, 0.3) is 0 Å². The summed E-state index contributed by atoms with van der Waals surface area (Å²) < 4.78 is 0. The number of fused-ring (bicyclic) bond motifs is 3. The molecule has 2 aromatic heterocycles. The van der Waals surface area contributed by atoms with Crippen LogP contribution in [-0.4, -0.2) is 27.2 Å². The van der Waals surface area contributed by atoms with Crippen molar-refractivity contribution >= 4 is 39.2 Å². The van der Waals surface area contributed by atoms with Crippen molar-refractivity contribution in [3.05, 3.63) is 16.8 Å². The Kier molecular flexibility index (Phi) is 5.00. The van der Waals surface area contributed by atoms with Crippen LogP contribution in [-0.2, 0) is 17.6 Å². The van der Waals surface area contributed by atoms with Crippen LogP contribution in [0.3, 0.4) is 0 Å². The maximum absolute atomic E-state index is 12.5. The second-order valence-electron chi connectivity index (χ2n) is 7.46. The molecule has 0 radical (unpaired) electrons. The van der Waals surface area contributed by atoms with Gasteiger partial charge in [0.1, 0.15) is 16.2 Å². The number of carbonyl (C=O) groups excluding carboxylic acids is 1. The number of rotatable bonds is 4. The molecular weight excluding hydrogens is 350 g/mol. The Labute approximate surface area is 157 Å². The van der Waals surface area contributed by atoms with Gasteiger partial charge in [-0.1, -0.05) is 31.5 Å². The topological polar surface area (TPSA) is 54.9 Å². The highest BCUT2D eigenvalue weighted by Gasteiger charge is 2.26. The van der Waals surface area contributed by atoms with E-state index in [1.807, 2.05) is 18.3 Å². The predicted molar refractivity (Wildman–Crippen MR) is 104 cm³/mol. The average Bonchev–Trinajstić information content (AvgIpc) is 3.21. The molecule has 2 aromatic rings. The van der Waals surface area contributed by atoms with Gasteiger partial charge in [-0.05, 0) is 50.5 Å². The van der Waals surface area contributed by atoms with E-state index in [4.69, 9.17) is 0 Å². The number of hydrogen-bond donors (Lipinski definition) is 1. The first kappa shape index (κ1) is 17.3. The summed E-state index contributed by atoms with van der Waals surface area (Å²) in [5, 5.41) is 5.27. The van der Waals surface area contributed by atoms with Crippen molar-refractivity contribution in [3.63, 3.8) is 0 Å². The van der Waals surface area contributed by atoms with Crippen LogP contribution >= 0.6 is 23.1 Å². The highest BCUT2D eigenvalue weighted by atomic mass is 32.2. The fraction of sp³-hybridized carbons (Fsp3) is 0.632. The molecule has 2 aliphatic carbocycles. The Balaban J connectivity index is 1.55. The molecule has 0 aromatic carbocycles. The van der Waals surface area contributed by atoms with Crippen molar-refractivity contribution < 1.29 is 4.79 Å². The molecule has 0 saturated heterocycles. The maximum atomic E-state index is 12.5. The lowest BCUT2D eigenvalue weighted by Crippen LogP contribution is -2.37. The third-order valence-electron chi connectivity index (χ3n) is 5.42. The van der Waals surface area contributed by atoms with E-state index in [2.05, 4.69) is 22.2 Å². The van der Waals surface area contributed by atoms with E-state index in [1.54, 1.807) is 18.1 Å². The number of thioether (sulfide) groups is 1. The summed E-state index contributed by atoms with van der Waals surface area (Å²) in [6, 6.07) is 0.372. The summed E-state index contributed by atoms with van der Waals surface area (Å²) in [6.07, 6.45) is 9.86. The third kappa shape index (κ3) is 3.56. The van der Waals surface area contributed by atoms with Crippen LogP contribution in [0.2, 0.25) is 0 Å². The number of hydrogen-bond acceptors (Lipinski definition) is 5. The zero-order chi connectivity index (χ0) is 17.4. The van der Waals surface area contributed by atoms with Crippen molar-refractivity contribution in [2.24, 2.45) is 5.92 Å². The van der Waals surface area contributed by atoms with Crippen LogP contribution in [0, 0.1) is 5.92 Å². The van der Waals surface area contributed by atoms with E-state index >= 15 is 0 Å². The molecule has 0 unspecified atom stereocenters. The largest absolute Gasteiger partial charge is 0.352 e. The molecule has 4 nitrogen and oxygen atoms in total. The van der Waals surface area contributed by atoms with Gasteiger partial charge in [0.05, 0.1) is 5.25 Å². The number of aryl methyl sites for hydroxylation is 1. The standard InChI is InChI=1S/C19H25N3OS2/c1-11-7-8-14-15(9-11)25-19-16(14)18(20-10-21-19)24-12(2)17(23)22-13-5-3-4-6-13/h10-13H,3-9H2,1-2H3,(H,22,23)/t11-,12+/m0/s1. The highest BCUT2D eigenvalue weighted by molar-refractivity contribution is 8.00. The second kappa shape index (κ2) is 7.23. The summed E-state index contributed by atoms with van der Waals surface area (Å²) in [5.74, 6) is 0.891. The van der Waals surface area contributed by atoms with Crippen LogP contribution in [0.1, 0.15) is 56.4 Å². The molecule has 1 saturated carbocycles. The molecule has 0 aliphatic heterocycles. The molecule has 2 atom stereocenters. The molecule has 1 N–H and O–H groups in total. The number of amides is 1. The Morgan fingerprint density at radius 3 is 2.92 bits per heavy atom. The molecule has 4 rings (SSSR count). The van der Waals surface area contributed by atoms with E-state index in [-0.39, 0.29) is 11.2 Å². The number of nitrogens with zero attached hydrogens (tertiary/aromatic N) is 2. The minimum Gasteiger partial charge on any atom is -0.352 e. The lowest BCUT2D eigenvalue weighted by atomic mass is 9.89. The maximum Gasteiger partial charge on any atom is 0.233 e. The molecule has 0 bridgehead atoms. The van der Waals surface area contributed by atoms with Gasteiger partial charge in [-0.15, -0.1) is 11.3 Å². The molecule has 6 heteroatoms. The lowest BCUT2D eigenvalue weighted by Gasteiger charge is -2.19. The molecular formula is C19H25N3OS2. The van der Waals surface area contributed by atoms with Gasteiger partial charge in [0.15, 0.2) is 0 Å². The SMILES string of the molecule is C[C@H]1CCc2c(sc3ncnc(S[C@H](C)C(=O)NC4CCCC4)c23)C1. The summed E-state index contributed by atoms with van der Waals surface area (Å²) >= 11 is 3.40. The normalized spacial score (nSPS) is 22.1. The molecule has 25 heavy (non-hydrogen) atoms. The molecule has 2 heterocycles. The van der Waals surface area contributed by atoms with Crippen molar-refractivity contribution in [2.75, 3.05) is 0 Å². The Hall–Kier alpha value is -1.14. The van der Waals surface area contributed by atoms with Crippen molar-refractivity contribution in [1.29, 1.82) is 0 Å². The molecule has 134 valence electrons. The van der Waals surface area contributed by atoms with Crippen LogP contribution in [0.25, 0.3) is 10.2 Å². The van der Waals surface area contributed by atoms with Gasteiger partial charge in [-0.25, -0.2) is 9.97 Å². The number of carbonyl (C=O) groups is 1. The molecule has 2 aliphatic rings. The predicted octanol–water partition coefficient (Wildman–Crippen LogP) is 4.36. The third-order valence-corrected chi connectivity index (χ3v) is 7.68. The quantitative estimate of drug-likeness (QED) is 0.637. The summed E-state index contributed by atoms with van der Waals surface area (Å²) in [7, 11) is 0. The Bertz CT molecular complexity index is 782. The summed E-state index contributed by atoms with van der Waals surface area (Å²) in [5.41, 5.74) is 1.43. The van der Waals surface area contributed by atoms with Gasteiger partial charge in [-0.2, -0.15) is 0 Å². The summed E-state index contributed by atoms with van der Waals surface area (Å²) in [4.78, 5) is 24.1. The van der Waals surface area contributed by atoms with Crippen LogP contribution < -0.4 is 5.32 Å².